The highest BCUT2D eigenvalue weighted by Gasteiger charge is 2.10. The van der Waals surface area contributed by atoms with E-state index in [2.05, 4.69) is 15.2 Å². The van der Waals surface area contributed by atoms with Gasteiger partial charge in [-0.2, -0.15) is 10.2 Å². The second kappa shape index (κ2) is 3.02. The molecule has 0 fully saturated rings. The van der Waals surface area contributed by atoms with Crippen LogP contribution in [0, 0.1) is 6.92 Å². The number of aromatic nitrogens is 3. The molecule has 5 heteroatoms. The van der Waals surface area contributed by atoms with Gasteiger partial charge in [-0.3, -0.25) is 0 Å². The summed E-state index contributed by atoms with van der Waals surface area (Å²) in [5, 5.41) is 17.1. The second-order valence-electron chi connectivity index (χ2n) is 2.88. The van der Waals surface area contributed by atoms with Crippen molar-refractivity contribution in [3.63, 3.8) is 0 Å². The maximum Gasteiger partial charge on any atom is 0.355 e. The van der Waals surface area contributed by atoms with Crippen molar-refractivity contribution in [2.75, 3.05) is 0 Å². The molecule has 0 aliphatic carbocycles. The SMILES string of the molecule is Cc1cc2c(C(=O)O)nccc2nn1. The predicted molar refractivity (Wildman–Crippen MR) is 49.0 cm³/mol. The van der Waals surface area contributed by atoms with Gasteiger partial charge in [-0.15, -0.1) is 0 Å². The Kier molecular flexibility index (Phi) is 1.85. The molecule has 14 heavy (non-hydrogen) atoms. The van der Waals surface area contributed by atoms with Crippen molar-refractivity contribution in [2.45, 2.75) is 6.92 Å². The van der Waals surface area contributed by atoms with Gasteiger partial charge >= 0.3 is 5.97 Å². The number of fused-ring (bicyclic) bond motifs is 1. The first-order chi connectivity index (χ1) is 6.68. The fourth-order valence-corrected chi connectivity index (χ4v) is 1.23. The van der Waals surface area contributed by atoms with E-state index in [1.165, 1.54) is 6.20 Å². The molecule has 0 spiro atoms. The monoisotopic (exact) mass is 189 g/mol. The number of aryl methyl sites for hydroxylation is 1. The largest absolute Gasteiger partial charge is 0.476 e. The molecular formula is C9H7N3O2. The van der Waals surface area contributed by atoms with Crippen LogP contribution in [0.25, 0.3) is 10.9 Å². The molecule has 0 saturated carbocycles. The van der Waals surface area contributed by atoms with Crippen LogP contribution >= 0.6 is 0 Å². The van der Waals surface area contributed by atoms with Crippen molar-refractivity contribution in [2.24, 2.45) is 0 Å². The van der Waals surface area contributed by atoms with E-state index in [9.17, 15) is 4.79 Å². The first-order valence-electron chi connectivity index (χ1n) is 4.01. The third-order valence-electron chi connectivity index (χ3n) is 1.84. The van der Waals surface area contributed by atoms with E-state index in [0.29, 0.717) is 16.6 Å². The lowest BCUT2D eigenvalue weighted by Crippen LogP contribution is -2.02. The minimum atomic E-state index is -1.05. The molecule has 0 aliphatic heterocycles. The van der Waals surface area contributed by atoms with Crippen LogP contribution in [0.4, 0.5) is 0 Å². The summed E-state index contributed by atoms with van der Waals surface area (Å²) in [5.41, 5.74) is 1.23. The third kappa shape index (κ3) is 1.28. The number of nitrogens with zero attached hydrogens (tertiary/aromatic N) is 3. The van der Waals surface area contributed by atoms with Crippen molar-refractivity contribution in [3.8, 4) is 0 Å². The highest BCUT2D eigenvalue weighted by Crippen LogP contribution is 2.14. The molecular weight excluding hydrogens is 182 g/mol. The van der Waals surface area contributed by atoms with Crippen LogP contribution in [0.2, 0.25) is 0 Å². The van der Waals surface area contributed by atoms with Crippen LogP contribution < -0.4 is 0 Å². The first-order valence-corrected chi connectivity index (χ1v) is 4.01. The Morgan fingerprint density at radius 1 is 1.43 bits per heavy atom. The van der Waals surface area contributed by atoms with Gasteiger partial charge in [0.15, 0.2) is 5.69 Å². The van der Waals surface area contributed by atoms with Crippen molar-refractivity contribution >= 4 is 16.9 Å². The van der Waals surface area contributed by atoms with Crippen LogP contribution in [-0.2, 0) is 0 Å². The number of aromatic carboxylic acids is 1. The van der Waals surface area contributed by atoms with Crippen LogP contribution in [0.3, 0.4) is 0 Å². The summed E-state index contributed by atoms with van der Waals surface area (Å²) in [7, 11) is 0. The molecule has 0 atom stereocenters. The zero-order chi connectivity index (χ0) is 10.1. The van der Waals surface area contributed by atoms with E-state index in [1.54, 1.807) is 19.1 Å². The van der Waals surface area contributed by atoms with Crippen molar-refractivity contribution in [1.82, 2.24) is 15.2 Å². The molecule has 1 N–H and O–H groups in total. The van der Waals surface area contributed by atoms with Crippen molar-refractivity contribution in [1.29, 1.82) is 0 Å². The van der Waals surface area contributed by atoms with Gasteiger partial charge in [0.05, 0.1) is 11.2 Å². The molecule has 2 heterocycles. The molecule has 2 aromatic heterocycles. The second-order valence-corrected chi connectivity index (χ2v) is 2.88. The van der Waals surface area contributed by atoms with E-state index in [4.69, 9.17) is 5.11 Å². The Balaban J connectivity index is 2.84. The normalized spacial score (nSPS) is 10.4. The van der Waals surface area contributed by atoms with E-state index in [-0.39, 0.29) is 5.69 Å². The molecule has 0 saturated heterocycles. The first kappa shape index (κ1) is 8.55. The summed E-state index contributed by atoms with van der Waals surface area (Å²) in [4.78, 5) is 14.6. The van der Waals surface area contributed by atoms with Gasteiger partial charge in [-0.1, -0.05) is 0 Å². The number of hydrogen-bond donors (Lipinski definition) is 1. The number of carboxylic acids is 1. The molecule has 0 aromatic carbocycles. The molecule has 0 amide bonds. The Morgan fingerprint density at radius 3 is 2.93 bits per heavy atom. The molecule has 5 nitrogen and oxygen atoms in total. The molecule has 0 radical (unpaired) electrons. The van der Waals surface area contributed by atoms with E-state index in [0.717, 1.165) is 0 Å². The maximum absolute atomic E-state index is 10.8. The summed E-state index contributed by atoms with van der Waals surface area (Å²) in [6.07, 6.45) is 1.41. The molecule has 0 aliphatic rings. The van der Waals surface area contributed by atoms with Crippen LogP contribution in [0.5, 0.6) is 0 Å². The summed E-state index contributed by atoms with van der Waals surface area (Å²) < 4.78 is 0. The average Bonchev–Trinajstić information content (AvgIpc) is 2.16. The lowest BCUT2D eigenvalue weighted by molar-refractivity contribution is 0.0693. The number of pyridine rings is 1. The minimum absolute atomic E-state index is 0.0144. The number of carboxylic acid groups (broad SMARTS) is 1. The lowest BCUT2D eigenvalue weighted by atomic mass is 10.2. The minimum Gasteiger partial charge on any atom is -0.476 e. The molecule has 70 valence electrons. The molecule has 2 aromatic rings. The number of carbonyl (C=O) groups is 1. The highest BCUT2D eigenvalue weighted by molar-refractivity contribution is 6.00. The zero-order valence-electron chi connectivity index (χ0n) is 7.43. The Bertz CT molecular complexity index is 510. The molecule has 2 rings (SSSR count). The average molecular weight is 189 g/mol. The van der Waals surface area contributed by atoms with Gasteiger partial charge in [0.1, 0.15) is 0 Å². The molecule has 0 bridgehead atoms. The lowest BCUT2D eigenvalue weighted by Gasteiger charge is -2.00. The molecule has 0 unspecified atom stereocenters. The fourth-order valence-electron chi connectivity index (χ4n) is 1.23. The van der Waals surface area contributed by atoms with E-state index in [1.807, 2.05) is 0 Å². The van der Waals surface area contributed by atoms with E-state index < -0.39 is 5.97 Å². The summed E-state index contributed by atoms with van der Waals surface area (Å²) in [6.45, 7) is 1.76. The van der Waals surface area contributed by atoms with E-state index >= 15 is 0 Å². The highest BCUT2D eigenvalue weighted by atomic mass is 16.4. The van der Waals surface area contributed by atoms with Gasteiger partial charge in [-0.25, -0.2) is 9.78 Å². The zero-order valence-corrected chi connectivity index (χ0v) is 7.43. The van der Waals surface area contributed by atoms with Gasteiger partial charge in [0.25, 0.3) is 0 Å². The van der Waals surface area contributed by atoms with Crippen LogP contribution in [0.15, 0.2) is 18.3 Å². The number of rotatable bonds is 1. The van der Waals surface area contributed by atoms with Crippen molar-refractivity contribution in [3.05, 3.63) is 29.7 Å². The summed E-state index contributed by atoms with van der Waals surface area (Å²) in [6, 6.07) is 3.30. The fraction of sp³-hybridized carbons (Fsp3) is 0.111. The Hall–Kier alpha value is -2.04. The quantitative estimate of drug-likeness (QED) is 0.725. The van der Waals surface area contributed by atoms with Gasteiger partial charge in [0.2, 0.25) is 0 Å². The van der Waals surface area contributed by atoms with Crippen molar-refractivity contribution < 1.29 is 9.90 Å². The van der Waals surface area contributed by atoms with Gasteiger partial charge in [0, 0.05) is 11.6 Å². The third-order valence-corrected chi connectivity index (χ3v) is 1.84. The maximum atomic E-state index is 10.8. The Morgan fingerprint density at radius 2 is 2.21 bits per heavy atom. The topological polar surface area (TPSA) is 76.0 Å². The Labute approximate surface area is 79.4 Å². The van der Waals surface area contributed by atoms with Gasteiger partial charge in [-0.05, 0) is 19.1 Å². The van der Waals surface area contributed by atoms with Gasteiger partial charge < -0.3 is 5.11 Å². The summed E-state index contributed by atoms with van der Waals surface area (Å²) >= 11 is 0. The van der Waals surface area contributed by atoms with Crippen LogP contribution in [-0.4, -0.2) is 26.3 Å². The van der Waals surface area contributed by atoms with Crippen LogP contribution in [0.1, 0.15) is 16.2 Å². The predicted octanol–water partition coefficient (Wildman–Crippen LogP) is 1.03. The number of hydrogen-bond acceptors (Lipinski definition) is 4. The smallest absolute Gasteiger partial charge is 0.355 e. The summed E-state index contributed by atoms with van der Waals surface area (Å²) in [5.74, 6) is -1.05. The standard InChI is InChI=1S/C9H7N3O2/c1-5-4-6-7(12-11-5)2-3-10-8(6)9(13)14/h2-4H,1H3,(H,13,14).